The van der Waals surface area contributed by atoms with Crippen LogP contribution in [0.15, 0.2) is 17.0 Å². The van der Waals surface area contributed by atoms with Gasteiger partial charge in [-0.2, -0.15) is 0 Å². The molecular formula is C16H23ClN2O4S. The molecule has 1 amide bonds. The van der Waals surface area contributed by atoms with E-state index in [1.54, 1.807) is 13.0 Å². The predicted octanol–water partition coefficient (Wildman–Crippen LogP) is 2.38. The van der Waals surface area contributed by atoms with Crippen molar-refractivity contribution in [2.45, 2.75) is 50.0 Å². The van der Waals surface area contributed by atoms with Gasteiger partial charge >= 0.3 is 0 Å². The van der Waals surface area contributed by atoms with Gasteiger partial charge in [0, 0.05) is 6.04 Å². The molecular weight excluding hydrogens is 352 g/mol. The molecule has 0 saturated heterocycles. The number of nitrogens with one attached hydrogen (secondary N) is 2. The maximum Gasteiger partial charge on any atom is 0.241 e. The van der Waals surface area contributed by atoms with Crippen LogP contribution in [0.25, 0.3) is 0 Å². The van der Waals surface area contributed by atoms with Crippen LogP contribution in [0.4, 0.5) is 0 Å². The minimum Gasteiger partial charge on any atom is -0.495 e. The van der Waals surface area contributed by atoms with Crippen molar-refractivity contribution >= 4 is 27.5 Å². The van der Waals surface area contributed by atoms with Crippen LogP contribution in [0.5, 0.6) is 5.75 Å². The summed E-state index contributed by atoms with van der Waals surface area (Å²) in [6, 6.07) is 3.03. The molecule has 6 nitrogen and oxygen atoms in total. The normalized spacial score (nSPS) is 16.0. The van der Waals surface area contributed by atoms with E-state index in [-0.39, 0.29) is 28.4 Å². The van der Waals surface area contributed by atoms with E-state index in [1.165, 1.54) is 19.6 Å². The Morgan fingerprint density at radius 2 is 1.96 bits per heavy atom. The number of aryl methyl sites for hydroxylation is 1. The van der Waals surface area contributed by atoms with Crippen molar-refractivity contribution in [2.24, 2.45) is 0 Å². The first kappa shape index (κ1) is 19.0. The number of sulfonamides is 1. The number of hydrogen-bond donors (Lipinski definition) is 2. The van der Waals surface area contributed by atoms with E-state index in [4.69, 9.17) is 16.3 Å². The van der Waals surface area contributed by atoms with Crippen LogP contribution in [0.3, 0.4) is 0 Å². The summed E-state index contributed by atoms with van der Waals surface area (Å²) in [4.78, 5) is 12.0. The molecule has 0 unspecified atom stereocenters. The van der Waals surface area contributed by atoms with Crippen molar-refractivity contribution < 1.29 is 17.9 Å². The zero-order valence-electron chi connectivity index (χ0n) is 13.9. The zero-order chi connectivity index (χ0) is 17.7. The van der Waals surface area contributed by atoms with Gasteiger partial charge in [0.2, 0.25) is 15.9 Å². The molecule has 1 aromatic rings. The van der Waals surface area contributed by atoms with E-state index >= 15 is 0 Å². The van der Waals surface area contributed by atoms with Gasteiger partial charge in [-0.25, -0.2) is 13.1 Å². The Kier molecular flexibility index (Phi) is 6.48. The fourth-order valence-corrected chi connectivity index (χ4v) is 4.38. The second-order valence-electron chi connectivity index (χ2n) is 5.98. The average molecular weight is 375 g/mol. The molecule has 0 aliphatic heterocycles. The van der Waals surface area contributed by atoms with E-state index in [0.29, 0.717) is 11.3 Å². The number of amides is 1. The number of hydrogen-bond acceptors (Lipinski definition) is 4. The van der Waals surface area contributed by atoms with E-state index < -0.39 is 10.0 Å². The number of rotatable bonds is 6. The fraction of sp³-hybridized carbons (Fsp3) is 0.562. The largest absolute Gasteiger partial charge is 0.495 e. The lowest BCUT2D eigenvalue weighted by Gasteiger charge is -2.22. The molecule has 2 rings (SSSR count). The van der Waals surface area contributed by atoms with E-state index in [0.717, 1.165) is 25.7 Å². The first-order valence-corrected chi connectivity index (χ1v) is 9.83. The second kappa shape index (κ2) is 8.18. The number of halogens is 1. The zero-order valence-corrected chi connectivity index (χ0v) is 15.5. The monoisotopic (exact) mass is 374 g/mol. The SMILES string of the molecule is COc1cc(C)c(S(=O)(=O)NCC(=O)NC2CCCCC2)cc1Cl. The molecule has 2 N–H and O–H groups in total. The van der Waals surface area contributed by atoms with Gasteiger partial charge in [-0.15, -0.1) is 0 Å². The Balaban J connectivity index is 2.00. The molecule has 1 fully saturated rings. The molecule has 134 valence electrons. The van der Waals surface area contributed by atoms with Gasteiger partial charge in [0.05, 0.1) is 23.6 Å². The summed E-state index contributed by atoms with van der Waals surface area (Å²) in [5, 5.41) is 3.08. The maximum absolute atomic E-state index is 12.4. The first-order chi connectivity index (χ1) is 11.3. The topological polar surface area (TPSA) is 84.5 Å². The molecule has 0 bridgehead atoms. The lowest BCUT2D eigenvalue weighted by Crippen LogP contribution is -2.42. The highest BCUT2D eigenvalue weighted by Gasteiger charge is 2.21. The molecule has 8 heteroatoms. The fourth-order valence-electron chi connectivity index (χ4n) is 2.85. The standard InChI is InChI=1S/C16H23ClN2O4S/c1-11-8-14(23-2)13(17)9-15(11)24(21,22)18-10-16(20)19-12-6-4-3-5-7-12/h8-9,12,18H,3-7,10H2,1-2H3,(H,19,20). The van der Waals surface area contributed by atoms with E-state index in [2.05, 4.69) is 10.0 Å². The van der Waals surface area contributed by atoms with Crippen LogP contribution in [0, 0.1) is 6.92 Å². The average Bonchev–Trinajstić information content (AvgIpc) is 2.55. The number of benzene rings is 1. The van der Waals surface area contributed by atoms with Crippen LogP contribution in [-0.4, -0.2) is 34.0 Å². The van der Waals surface area contributed by atoms with Crippen molar-refractivity contribution in [1.29, 1.82) is 0 Å². The highest BCUT2D eigenvalue weighted by Crippen LogP contribution is 2.30. The van der Waals surface area contributed by atoms with Crippen LogP contribution in [0.1, 0.15) is 37.7 Å². The highest BCUT2D eigenvalue weighted by molar-refractivity contribution is 7.89. The summed E-state index contributed by atoms with van der Waals surface area (Å²) in [6.07, 6.45) is 5.29. The van der Waals surface area contributed by atoms with Crippen LogP contribution < -0.4 is 14.8 Å². The molecule has 0 heterocycles. The maximum atomic E-state index is 12.4. The first-order valence-electron chi connectivity index (χ1n) is 7.96. The van der Waals surface area contributed by atoms with Gasteiger partial charge in [-0.1, -0.05) is 30.9 Å². The summed E-state index contributed by atoms with van der Waals surface area (Å²) in [5.74, 6) is 0.0888. The molecule has 1 aliphatic rings. The highest BCUT2D eigenvalue weighted by atomic mass is 35.5. The number of carbonyl (C=O) groups excluding carboxylic acids is 1. The van der Waals surface area contributed by atoms with Crippen molar-refractivity contribution in [3.05, 3.63) is 22.7 Å². The van der Waals surface area contributed by atoms with Gasteiger partial charge in [0.25, 0.3) is 0 Å². The molecule has 0 aromatic heterocycles. The van der Waals surface area contributed by atoms with Crippen molar-refractivity contribution in [3.8, 4) is 5.75 Å². The summed E-state index contributed by atoms with van der Waals surface area (Å²) >= 11 is 6.00. The van der Waals surface area contributed by atoms with E-state index in [1.807, 2.05) is 0 Å². The van der Waals surface area contributed by atoms with Crippen molar-refractivity contribution in [3.63, 3.8) is 0 Å². The summed E-state index contributed by atoms with van der Waals surface area (Å²) in [6.45, 7) is 1.36. The Hall–Kier alpha value is -1.31. The molecule has 1 aromatic carbocycles. The Labute approximate surface area is 148 Å². The predicted molar refractivity (Wildman–Crippen MR) is 92.9 cm³/mol. The molecule has 1 saturated carbocycles. The minimum absolute atomic E-state index is 0.0405. The molecule has 24 heavy (non-hydrogen) atoms. The summed E-state index contributed by atoms with van der Waals surface area (Å²) in [7, 11) is -2.36. The Bertz CT molecular complexity index is 700. The van der Waals surface area contributed by atoms with Gasteiger partial charge in [-0.05, 0) is 37.5 Å². The van der Waals surface area contributed by atoms with E-state index in [9.17, 15) is 13.2 Å². The van der Waals surface area contributed by atoms with Gasteiger partial charge in [0.15, 0.2) is 0 Å². The van der Waals surface area contributed by atoms with Gasteiger partial charge in [-0.3, -0.25) is 4.79 Å². The molecule has 0 atom stereocenters. The van der Waals surface area contributed by atoms with Crippen LogP contribution in [-0.2, 0) is 14.8 Å². The van der Waals surface area contributed by atoms with Crippen LogP contribution in [0.2, 0.25) is 5.02 Å². The van der Waals surface area contributed by atoms with Crippen molar-refractivity contribution in [2.75, 3.05) is 13.7 Å². The third-order valence-corrected chi connectivity index (χ3v) is 5.97. The molecule has 0 radical (unpaired) electrons. The second-order valence-corrected chi connectivity index (χ2v) is 8.12. The summed E-state index contributed by atoms with van der Waals surface area (Å²) in [5.41, 5.74) is 0.497. The minimum atomic E-state index is -3.83. The molecule has 1 aliphatic carbocycles. The quantitative estimate of drug-likeness (QED) is 0.800. The van der Waals surface area contributed by atoms with Crippen molar-refractivity contribution in [1.82, 2.24) is 10.0 Å². The third kappa shape index (κ3) is 4.84. The Morgan fingerprint density at radius 3 is 2.58 bits per heavy atom. The van der Waals surface area contributed by atoms with Gasteiger partial charge in [0.1, 0.15) is 5.75 Å². The lowest BCUT2D eigenvalue weighted by atomic mass is 9.95. The number of ether oxygens (including phenoxy) is 1. The van der Waals surface area contributed by atoms with Crippen LogP contribution >= 0.6 is 11.6 Å². The number of methoxy groups -OCH3 is 1. The Morgan fingerprint density at radius 1 is 1.29 bits per heavy atom. The number of carbonyl (C=O) groups is 1. The van der Waals surface area contributed by atoms with Gasteiger partial charge < -0.3 is 10.1 Å². The summed E-state index contributed by atoms with van der Waals surface area (Å²) < 4.78 is 32.2. The molecule has 0 spiro atoms. The lowest BCUT2D eigenvalue weighted by molar-refractivity contribution is -0.120. The third-order valence-electron chi connectivity index (χ3n) is 4.13. The smallest absolute Gasteiger partial charge is 0.241 e.